The second-order valence-corrected chi connectivity index (χ2v) is 7.24. The van der Waals surface area contributed by atoms with Crippen LogP contribution < -0.4 is 4.74 Å². The molecule has 0 saturated carbocycles. The number of carbonyl (C=O) groups is 1. The molecule has 0 fully saturated rings. The SMILES string of the molecule is Cc1cc(OC(=O)CCc2ccc(C(C)(C)C)cc2)ccc1Cl. The number of ether oxygens (including phenoxy) is 1. The van der Waals surface area contributed by atoms with E-state index in [9.17, 15) is 4.79 Å². The van der Waals surface area contributed by atoms with Crippen LogP contribution in [0, 0.1) is 6.92 Å². The lowest BCUT2D eigenvalue weighted by Crippen LogP contribution is -2.11. The molecule has 0 aromatic heterocycles. The normalized spacial score (nSPS) is 11.3. The van der Waals surface area contributed by atoms with Crippen LogP contribution in [0.25, 0.3) is 0 Å². The van der Waals surface area contributed by atoms with Crippen molar-refractivity contribution in [1.29, 1.82) is 0 Å². The van der Waals surface area contributed by atoms with Crippen LogP contribution in [0.15, 0.2) is 42.5 Å². The highest BCUT2D eigenvalue weighted by Gasteiger charge is 2.13. The van der Waals surface area contributed by atoms with Gasteiger partial charge in [-0.05, 0) is 53.6 Å². The van der Waals surface area contributed by atoms with Gasteiger partial charge in [0.2, 0.25) is 0 Å². The van der Waals surface area contributed by atoms with E-state index in [1.54, 1.807) is 18.2 Å². The van der Waals surface area contributed by atoms with Gasteiger partial charge in [-0.1, -0.05) is 56.6 Å². The maximum absolute atomic E-state index is 12.0. The Kier molecular flexibility index (Phi) is 5.48. The maximum Gasteiger partial charge on any atom is 0.311 e. The summed E-state index contributed by atoms with van der Waals surface area (Å²) in [7, 11) is 0. The molecular formula is C20H23ClO2. The van der Waals surface area contributed by atoms with E-state index in [4.69, 9.17) is 16.3 Å². The van der Waals surface area contributed by atoms with Crippen molar-refractivity contribution >= 4 is 17.6 Å². The second kappa shape index (κ2) is 7.18. The molecule has 0 aliphatic carbocycles. The zero-order valence-corrected chi connectivity index (χ0v) is 14.9. The first-order chi connectivity index (χ1) is 10.8. The number of benzene rings is 2. The average Bonchev–Trinajstić information content (AvgIpc) is 2.48. The summed E-state index contributed by atoms with van der Waals surface area (Å²) in [5.41, 5.74) is 3.47. The molecule has 0 spiro atoms. The zero-order valence-electron chi connectivity index (χ0n) is 14.2. The molecule has 3 heteroatoms. The van der Waals surface area contributed by atoms with Gasteiger partial charge in [-0.15, -0.1) is 0 Å². The smallest absolute Gasteiger partial charge is 0.311 e. The van der Waals surface area contributed by atoms with E-state index in [1.807, 2.05) is 6.92 Å². The van der Waals surface area contributed by atoms with Gasteiger partial charge < -0.3 is 4.74 Å². The van der Waals surface area contributed by atoms with Gasteiger partial charge in [0.25, 0.3) is 0 Å². The zero-order chi connectivity index (χ0) is 17.0. The summed E-state index contributed by atoms with van der Waals surface area (Å²) in [6.07, 6.45) is 1.03. The third-order valence-electron chi connectivity index (χ3n) is 3.80. The van der Waals surface area contributed by atoms with Crippen LogP contribution >= 0.6 is 11.6 Å². The van der Waals surface area contributed by atoms with Crippen molar-refractivity contribution in [2.24, 2.45) is 0 Å². The summed E-state index contributed by atoms with van der Waals surface area (Å²) in [5, 5.41) is 0.670. The van der Waals surface area contributed by atoms with Gasteiger partial charge in [-0.3, -0.25) is 4.79 Å². The predicted molar refractivity (Wildman–Crippen MR) is 95.3 cm³/mol. The fourth-order valence-corrected chi connectivity index (χ4v) is 2.40. The van der Waals surface area contributed by atoms with Gasteiger partial charge in [-0.25, -0.2) is 0 Å². The minimum Gasteiger partial charge on any atom is -0.427 e. The van der Waals surface area contributed by atoms with E-state index >= 15 is 0 Å². The van der Waals surface area contributed by atoms with Gasteiger partial charge in [0.15, 0.2) is 0 Å². The molecule has 2 rings (SSSR count). The molecule has 0 unspecified atom stereocenters. The lowest BCUT2D eigenvalue weighted by Gasteiger charge is -2.19. The first kappa shape index (κ1) is 17.6. The van der Waals surface area contributed by atoms with Gasteiger partial charge in [0.1, 0.15) is 5.75 Å². The average molecular weight is 331 g/mol. The van der Waals surface area contributed by atoms with E-state index in [0.717, 1.165) is 11.1 Å². The van der Waals surface area contributed by atoms with Crippen LogP contribution in [0.3, 0.4) is 0 Å². The van der Waals surface area contributed by atoms with Crippen molar-refractivity contribution in [1.82, 2.24) is 0 Å². The topological polar surface area (TPSA) is 26.3 Å². The number of hydrogen-bond acceptors (Lipinski definition) is 2. The Labute approximate surface area is 143 Å². The fraction of sp³-hybridized carbons (Fsp3) is 0.350. The number of esters is 1. The van der Waals surface area contributed by atoms with Gasteiger partial charge >= 0.3 is 5.97 Å². The molecule has 0 aliphatic rings. The van der Waals surface area contributed by atoms with Crippen LogP contribution in [0.2, 0.25) is 5.02 Å². The minimum atomic E-state index is -0.230. The molecule has 0 amide bonds. The molecule has 0 saturated heterocycles. The standard InChI is InChI=1S/C20H23ClO2/c1-14-13-17(10-11-18(14)21)23-19(22)12-7-15-5-8-16(9-6-15)20(2,3)4/h5-6,8-11,13H,7,12H2,1-4H3. The maximum atomic E-state index is 12.0. The highest BCUT2D eigenvalue weighted by atomic mass is 35.5. The van der Waals surface area contributed by atoms with Crippen molar-refractivity contribution in [2.75, 3.05) is 0 Å². The third-order valence-corrected chi connectivity index (χ3v) is 4.22. The van der Waals surface area contributed by atoms with E-state index in [0.29, 0.717) is 23.6 Å². The second-order valence-electron chi connectivity index (χ2n) is 6.83. The van der Waals surface area contributed by atoms with E-state index in [2.05, 4.69) is 45.0 Å². The molecule has 0 heterocycles. The van der Waals surface area contributed by atoms with Crippen LogP contribution in [0.4, 0.5) is 0 Å². The largest absolute Gasteiger partial charge is 0.427 e. The van der Waals surface area contributed by atoms with Gasteiger partial charge in [0.05, 0.1) is 0 Å². The molecule has 0 radical (unpaired) electrons. The summed E-state index contributed by atoms with van der Waals surface area (Å²) >= 11 is 5.96. The molecule has 2 aromatic rings. The van der Waals surface area contributed by atoms with E-state index in [1.165, 1.54) is 5.56 Å². The summed E-state index contributed by atoms with van der Waals surface area (Å²) in [5.74, 6) is 0.312. The Bertz CT molecular complexity index is 682. The van der Waals surface area contributed by atoms with Crippen LogP contribution in [0.5, 0.6) is 5.75 Å². The van der Waals surface area contributed by atoms with Crippen molar-refractivity contribution in [2.45, 2.75) is 46.0 Å². The summed E-state index contributed by atoms with van der Waals surface area (Å²) in [4.78, 5) is 12.0. The molecule has 2 nitrogen and oxygen atoms in total. The minimum absolute atomic E-state index is 0.143. The van der Waals surface area contributed by atoms with Crippen molar-refractivity contribution < 1.29 is 9.53 Å². The molecule has 0 aliphatic heterocycles. The summed E-state index contributed by atoms with van der Waals surface area (Å²) in [6.45, 7) is 8.45. The highest BCUT2D eigenvalue weighted by Crippen LogP contribution is 2.23. The van der Waals surface area contributed by atoms with Crippen LogP contribution in [-0.4, -0.2) is 5.97 Å². The molecular weight excluding hydrogens is 308 g/mol. The van der Waals surface area contributed by atoms with Crippen molar-refractivity contribution in [3.05, 3.63) is 64.2 Å². The number of aryl methyl sites for hydroxylation is 2. The van der Waals surface area contributed by atoms with Gasteiger partial charge in [-0.2, -0.15) is 0 Å². The first-order valence-corrected chi connectivity index (χ1v) is 8.20. The summed E-state index contributed by atoms with van der Waals surface area (Å²) in [6, 6.07) is 13.7. The van der Waals surface area contributed by atoms with Crippen LogP contribution in [0.1, 0.15) is 43.9 Å². The van der Waals surface area contributed by atoms with E-state index < -0.39 is 0 Å². The van der Waals surface area contributed by atoms with Crippen LogP contribution in [-0.2, 0) is 16.6 Å². The van der Waals surface area contributed by atoms with E-state index in [-0.39, 0.29) is 11.4 Å². The Morgan fingerprint density at radius 2 is 1.74 bits per heavy atom. The summed E-state index contributed by atoms with van der Waals surface area (Å²) < 4.78 is 5.35. The number of carbonyl (C=O) groups excluding carboxylic acids is 1. The van der Waals surface area contributed by atoms with Gasteiger partial charge in [0, 0.05) is 11.4 Å². The molecule has 0 atom stereocenters. The predicted octanol–water partition coefficient (Wildman–Crippen LogP) is 5.48. The Hall–Kier alpha value is -1.80. The lowest BCUT2D eigenvalue weighted by atomic mass is 9.86. The van der Waals surface area contributed by atoms with Crippen molar-refractivity contribution in [3.63, 3.8) is 0 Å². The highest BCUT2D eigenvalue weighted by molar-refractivity contribution is 6.31. The number of halogens is 1. The molecule has 0 bridgehead atoms. The molecule has 2 aromatic carbocycles. The Balaban J connectivity index is 1.90. The molecule has 23 heavy (non-hydrogen) atoms. The van der Waals surface area contributed by atoms with Crippen molar-refractivity contribution in [3.8, 4) is 5.75 Å². The monoisotopic (exact) mass is 330 g/mol. The number of hydrogen-bond donors (Lipinski definition) is 0. The Morgan fingerprint density at radius 1 is 1.09 bits per heavy atom. The third kappa shape index (κ3) is 5.11. The molecule has 122 valence electrons. The first-order valence-electron chi connectivity index (χ1n) is 7.82. The fourth-order valence-electron chi connectivity index (χ4n) is 2.28. The molecule has 0 N–H and O–H groups in total. The Morgan fingerprint density at radius 3 is 2.30 bits per heavy atom. The lowest BCUT2D eigenvalue weighted by molar-refractivity contribution is -0.134. The quantitative estimate of drug-likeness (QED) is 0.547. The number of rotatable bonds is 4.